The molecule has 0 bridgehead atoms. The van der Waals surface area contributed by atoms with Crippen molar-refractivity contribution < 1.29 is 0 Å². The largest absolute Gasteiger partial charge is 0.356 e. The van der Waals surface area contributed by atoms with Crippen LogP contribution >= 0.6 is 46.9 Å². The van der Waals surface area contributed by atoms with E-state index in [1.165, 1.54) is 11.1 Å². The molecule has 3 rings (SSSR count). The van der Waals surface area contributed by atoms with Gasteiger partial charge >= 0.3 is 0 Å². The summed E-state index contributed by atoms with van der Waals surface area (Å²) in [6.07, 6.45) is 2.27. The van der Waals surface area contributed by atoms with Crippen molar-refractivity contribution >= 4 is 52.9 Å². The lowest BCUT2D eigenvalue weighted by atomic mass is 10.0. The Labute approximate surface area is 194 Å². The van der Waals surface area contributed by atoms with Gasteiger partial charge in [-0.2, -0.15) is 11.3 Å². The second-order valence-electron chi connectivity index (χ2n) is 7.23. The van der Waals surface area contributed by atoms with Crippen molar-refractivity contribution in [2.45, 2.75) is 38.3 Å². The third-order valence-corrected chi connectivity index (χ3v) is 6.11. The minimum atomic E-state index is 0. The molecule has 0 amide bonds. The molecular formula is C21H30ClIN4S. The molecule has 1 aliphatic rings. The Morgan fingerprint density at radius 1 is 1.25 bits per heavy atom. The van der Waals surface area contributed by atoms with Gasteiger partial charge in [0, 0.05) is 44.3 Å². The van der Waals surface area contributed by atoms with E-state index in [9.17, 15) is 0 Å². The van der Waals surface area contributed by atoms with Gasteiger partial charge in [-0.15, -0.1) is 24.0 Å². The highest BCUT2D eigenvalue weighted by molar-refractivity contribution is 14.0. The molecule has 0 spiro atoms. The predicted molar refractivity (Wildman–Crippen MR) is 132 cm³/mol. The Morgan fingerprint density at radius 2 is 1.96 bits per heavy atom. The van der Waals surface area contributed by atoms with Crippen LogP contribution in [0.25, 0.3) is 0 Å². The zero-order valence-electron chi connectivity index (χ0n) is 16.5. The standard InChI is InChI=1S/C21H29ClN4S.HI/c1-16(18-9-12-27-15-18)13-24-21(23-2)25-20-7-10-26(11-8-20)14-17-3-5-19(22)6-4-17;/h3-6,9,12,15-16,20H,7-8,10-11,13-14H2,1-2H3,(H2,23,24,25);1H. The summed E-state index contributed by atoms with van der Waals surface area (Å²) < 4.78 is 0. The summed E-state index contributed by atoms with van der Waals surface area (Å²) in [6, 6.07) is 10.9. The number of rotatable bonds is 6. The molecule has 1 fully saturated rings. The average Bonchev–Trinajstić information content (AvgIpc) is 3.23. The van der Waals surface area contributed by atoms with Crippen LogP contribution in [0.5, 0.6) is 0 Å². The van der Waals surface area contributed by atoms with Crippen LogP contribution in [0.4, 0.5) is 0 Å². The molecule has 2 heterocycles. The number of hydrogen-bond acceptors (Lipinski definition) is 3. The third kappa shape index (κ3) is 7.21. The van der Waals surface area contributed by atoms with Crippen LogP contribution < -0.4 is 10.6 Å². The number of benzene rings is 1. The fourth-order valence-electron chi connectivity index (χ4n) is 3.39. The minimum absolute atomic E-state index is 0. The first-order chi connectivity index (χ1) is 13.1. The monoisotopic (exact) mass is 532 g/mol. The fraction of sp³-hybridized carbons (Fsp3) is 0.476. The van der Waals surface area contributed by atoms with Gasteiger partial charge < -0.3 is 10.6 Å². The van der Waals surface area contributed by atoms with Gasteiger partial charge in [0.25, 0.3) is 0 Å². The maximum absolute atomic E-state index is 5.97. The summed E-state index contributed by atoms with van der Waals surface area (Å²) >= 11 is 7.72. The van der Waals surface area contributed by atoms with E-state index in [4.69, 9.17) is 11.6 Å². The van der Waals surface area contributed by atoms with E-state index in [0.29, 0.717) is 12.0 Å². The number of thiophene rings is 1. The highest BCUT2D eigenvalue weighted by atomic mass is 127. The van der Waals surface area contributed by atoms with Crippen LogP contribution in [-0.2, 0) is 6.54 Å². The Kier molecular flexibility index (Phi) is 10.0. The Balaban J connectivity index is 0.00000280. The predicted octanol–water partition coefficient (Wildman–Crippen LogP) is 4.95. The molecule has 1 aromatic carbocycles. The van der Waals surface area contributed by atoms with Crippen LogP contribution in [0.15, 0.2) is 46.1 Å². The van der Waals surface area contributed by atoms with E-state index >= 15 is 0 Å². The number of likely N-dealkylation sites (tertiary alicyclic amines) is 1. The van der Waals surface area contributed by atoms with Crippen molar-refractivity contribution in [3.63, 3.8) is 0 Å². The van der Waals surface area contributed by atoms with Crippen molar-refractivity contribution in [3.8, 4) is 0 Å². The first-order valence-corrected chi connectivity index (χ1v) is 10.9. The molecule has 4 nitrogen and oxygen atoms in total. The Bertz CT molecular complexity index is 713. The lowest BCUT2D eigenvalue weighted by Gasteiger charge is -2.33. The molecule has 0 radical (unpaired) electrons. The molecular weight excluding hydrogens is 503 g/mol. The van der Waals surface area contributed by atoms with E-state index in [2.05, 4.69) is 56.4 Å². The molecule has 7 heteroatoms. The number of halogens is 2. The van der Waals surface area contributed by atoms with Crippen LogP contribution in [-0.4, -0.2) is 43.6 Å². The molecule has 0 saturated carbocycles. The van der Waals surface area contributed by atoms with Crippen LogP contribution in [0.2, 0.25) is 5.02 Å². The number of hydrogen-bond donors (Lipinski definition) is 2. The van der Waals surface area contributed by atoms with Gasteiger partial charge in [0.2, 0.25) is 0 Å². The molecule has 1 unspecified atom stereocenters. The third-order valence-electron chi connectivity index (χ3n) is 5.16. The first kappa shape index (κ1) is 23.4. The number of aliphatic imine (C=N–C) groups is 1. The second kappa shape index (κ2) is 12.0. The summed E-state index contributed by atoms with van der Waals surface area (Å²) in [6.45, 7) is 6.34. The molecule has 1 aliphatic heterocycles. The molecule has 2 aromatic rings. The maximum Gasteiger partial charge on any atom is 0.191 e. The Hall–Kier alpha value is -0.830. The van der Waals surface area contributed by atoms with Gasteiger partial charge in [-0.05, 0) is 58.8 Å². The van der Waals surface area contributed by atoms with Gasteiger partial charge in [0.05, 0.1) is 0 Å². The molecule has 1 saturated heterocycles. The summed E-state index contributed by atoms with van der Waals surface area (Å²) in [5, 5.41) is 12.2. The van der Waals surface area contributed by atoms with Crippen molar-refractivity contribution in [3.05, 3.63) is 57.2 Å². The summed E-state index contributed by atoms with van der Waals surface area (Å²) in [4.78, 5) is 6.91. The molecule has 2 N–H and O–H groups in total. The SMILES string of the molecule is CN=C(NCC(C)c1ccsc1)NC1CCN(Cc2ccc(Cl)cc2)CC1.I. The van der Waals surface area contributed by atoms with Gasteiger partial charge in [-0.3, -0.25) is 9.89 Å². The van der Waals surface area contributed by atoms with E-state index in [-0.39, 0.29) is 24.0 Å². The smallest absolute Gasteiger partial charge is 0.191 e. The second-order valence-corrected chi connectivity index (χ2v) is 8.45. The first-order valence-electron chi connectivity index (χ1n) is 9.60. The number of guanidine groups is 1. The van der Waals surface area contributed by atoms with Gasteiger partial charge in [-0.1, -0.05) is 30.7 Å². The lowest BCUT2D eigenvalue weighted by Crippen LogP contribution is -2.49. The van der Waals surface area contributed by atoms with Gasteiger partial charge in [-0.25, -0.2) is 0 Å². The molecule has 0 aliphatic carbocycles. The summed E-state index contributed by atoms with van der Waals surface area (Å²) in [5.41, 5.74) is 2.71. The van der Waals surface area contributed by atoms with E-state index in [0.717, 1.165) is 50.0 Å². The van der Waals surface area contributed by atoms with Gasteiger partial charge in [0.1, 0.15) is 0 Å². The topological polar surface area (TPSA) is 39.7 Å². The van der Waals surface area contributed by atoms with E-state index in [1.54, 1.807) is 11.3 Å². The normalized spacial score (nSPS) is 17.0. The zero-order chi connectivity index (χ0) is 19.1. The number of nitrogens with one attached hydrogen (secondary N) is 2. The maximum atomic E-state index is 5.97. The van der Waals surface area contributed by atoms with Crippen LogP contribution in [0.3, 0.4) is 0 Å². The minimum Gasteiger partial charge on any atom is -0.356 e. The zero-order valence-corrected chi connectivity index (χ0v) is 20.4. The quantitative estimate of drug-likeness (QED) is 0.314. The van der Waals surface area contributed by atoms with Gasteiger partial charge in [0.15, 0.2) is 5.96 Å². The molecule has 1 atom stereocenters. The fourth-order valence-corrected chi connectivity index (χ4v) is 4.30. The van der Waals surface area contributed by atoms with Crippen molar-refractivity contribution in [1.29, 1.82) is 0 Å². The molecule has 28 heavy (non-hydrogen) atoms. The molecule has 1 aromatic heterocycles. The van der Waals surface area contributed by atoms with Crippen LogP contribution in [0, 0.1) is 0 Å². The molecule has 154 valence electrons. The highest BCUT2D eigenvalue weighted by Gasteiger charge is 2.20. The van der Waals surface area contributed by atoms with Crippen LogP contribution in [0.1, 0.15) is 36.8 Å². The lowest BCUT2D eigenvalue weighted by molar-refractivity contribution is 0.198. The summed E-state index contributed by atoms with van der Waals surface area (Å²) in [7, 11) is 1.85. The summed E-state index contributed by atoms with van der Waals surface area (Å²) in [5.74, 6) is 1.39. The van der Waals surface area contributed by atoms with Crippen molar-refractivity contribution in [2.24, 2.45) is 4.99 Å². The highest BCUT2D eigenvalue weighted by Crippen LogP contribution is 2.18. The van der Waals surface area contributed by atoms with Crippen molar-refractivity contribution in [2.75, 3.05) is 26.7 Å². The van der Waals surface area contributed by atoms with E-state index < -0.39 is 0 Å². The number of piperidine rings is 1. The van der Waals surface area contributed by atoms with Crippen molar-refractivity contribution in [1.82, 2.24) is 15.5 Å². The Morgan fingerprint density at radius 3 is 2.57 bits per heavy atom. The van der Waals surface area contributed by atoms with E-state index in [1.807, 2.05) is 19.2 Å². The average molecular weight is 533 g/mol. The number of nitrogens with zero attached hydrogens (tertiary/aromatic N) is 2.